The fourth-order valence-corrected chi connectivity index (χ4v) is 3.25. The smallest absolute Gasteiger partial charge is 0.319 e. The lowest BCUT2D eigenvalue weighted by atomic mass is 10.1. The van der Waals surface area contributed by atoms with Gasteiger partial charge in [0.25, 0.3) is 0 Å². The summed E-state index contributed by atoms with van der Waals surface area (Å²) < 4.78 is 11.9. The highest BCUT2D eigenvalue weighted by Crippen LogP contribution is 2.12. The van der Waals surface area contributed by atoms with Crippen molar-refractivity contribution in [2.75, 3.05) is 5.75 Å². The van der Waals surface area contributed by atoms with Crippen LogP contribution < -0.4 is 0 Å². The van der Waals surface area contributed by atoms with Crippen molar-refractivity contribution in [3.8, 4) is 0 Å². The van der Waals surface area contributed by atoms with Gasteiger partial charge in [-0.15, -0.1) is 0 Å². The predicted molar refractivity (Wildman–Crippen MR) is 74.0 cm³/mol. The van der Waals surface area contributed by atoms with Crippen LogP contribution in [0.25, 0.3) is 0 Å². The summed E-state index contributed by atoms with van der Waals surface area (Å²) in [5.74, 6) is -0.250. The molecule has 1 N–H and O–H groups in total. The van der Waals surface area contributed by atoms with Crippen LogP contribution in [-0.4, -0.2) is 26.3 Å². The highest BCUT2D eigenvalue weighted by molar-refractivity contribution is 7.86. The number of carboxylic acid groups (broad SMARTS) is 1. The molecule has 0 heterocycles. The van der Waals surface area contributed by atoms with Gasteiger partial charge in [-0.1, -0.05) is 44.2 Å². The Morgan fingerprint density at radius 3 is 2.39 bits per heavy atom. The summed E-state index contributed by atoms with van der Waals surface area (Å²) in [6.07, 6.45) is 1.08. The lowest BCUT2D eigenvalue weighted by molar-refractivity contribution is -0.136. The summed E-state index contributed by atoms with van der Waals surface area (Å²) in [5.41, 5.74) is 1.09. The molecule has 2 atom stereocenters. The van der Waals surface area contributed by atoms with Gasteiger partial charge < -0.3 is 5.11 Å². The predicted octanol–water partition coefficient (Wildman–Crippen LogP) is 2.48. The lowest BCUT2D eigenvalue weighted by Crippen LogP contribution is -2.29. The first kappa shape index (κ1) is 14.9. The van der Waals surface area contributed by atoms with Gasteiger partial charge in [-0.25, -0.2) is 0 Å². The molecule has 0 aliphatic heterocycles. The van der Waals surface area contributed by atoms with E-state index in [1.807, 2.05) is 44.2 Å². The molecule has 4 heteroatoms. The van der Waals surface area contributed by atoms with Gasteiger partial charge in [0.15, 0.2) is 0 Å². The van der Waals surface area contributed by atoms with Crippen LogP contribution in [0.2, 0.25) is 0 Å². The Bertz CT molecular complexity index is 401. The van der Waals surface area contributed by atoms with Gasteiger partial charge in [-0.2, -0.15) is 0 Å². The highest BCUT2D eigenvalue weighted by atomic mass is 32.2. The summed E-state index contributed by atoms with van der Waals surface area (Å²) in [4.78, 5) is 11.2. The minimum atomic E-state index is -1.29. The first-order valence-electron chi connectivity index (χ1n) is 6.14. The first-order chi connectivity index (χ1) is 8.50. The molecule has 1 aromatic rings. The summed E-state index contributed by atoms with van der Waals surface area (Å²) in [5, 5.41) is 8.38. The molecule has 2 unspecified atom stereocenters. The number of aryl methyl sites for hydroxylation is 1. The maximum Gasteiger partial charge on any atom is 0.319 e. The molecule has 3 nitrogen and oxygen atoms in total. The molecule has 1 aromatic carbocycles. The van der Waals surface area contributed by atoms with E-state index in [-0.39, 0.29) is 5.92 Å². The lowest BCUT2D eigenvalue weighted by Gasteiger charge is -2.13. The molecule has 0 aromatic heterocycles. The van der Waals surface area contributed by atoms with Crippen LogP contribution in [0.1, 0.15) is 25.8 Å². The second-order valence-corrected chi connectivity index (χ2v) is 6.46. The second kappa shape index (κ2) is 7.31. The topological polar surface area (TPSA) is 54.4 Å². The van der Waals surface area contributed by atoms with E-state index < -0.39 is 22.0 Å². The first-order valence-corrected chi connectivity index (χ1v) is 7.52. The molecule has 0 bridgehead atoms. The molecule has 0 aliphatic carbocycles. The van der Waals surface area contributed by atoms with Crippen molar-refractivity contribution in [1.82, 2.24) is 0 Å². The van der Waals surface area contributed by atoms with E-state index in [4.69, 9.17) is 5.11 Å². The number of carboxylic acids is 1. The fourth-order valence-electron chi connectivity index (χ4n) is 1.75. The van der Waals surface area contributed by atoms with Crippen LogP contribution in [0.3, 0.4) is 0 Å². The summed E-state index contributed by atoms with van der Waals surface area (Å²) in [7, 11) is -1.29. The third-order valence-corrected chi connectivity index (χ3v) is 4.70. The minimum Gasteiger partial charge on any atom is -0.480 e. The Labute approximate surface area is 111 Å². The monoisotopic (exact) mass is 268 g/mol. The Morgan fingerprint density at radius 1 is 1.28 bits per heavy atom. The zero-order valence-corrected chi connectivity index (χ0v) is 11.7. The van der Waals surface area contributed by atoms with E-state index in [9.17, 15) is 9.00 Å². The minimum absolute atomic E-state index is 0.254. The van der Waals surface area contributed by atoms with Crippen molar-refractivity contribution in [3.05, 3.63) is 35.9 Å². The highest BCUT2D eigenvalue weighted by Gasteiger charge is 2.24. The van der Waals surface area contributed by atoms with Crippen LogP contribution in [-0.2, 0) is 22.0 Å². The molecular formula is C14H20O3S. The van der Waals surface area contributed by atoms with Crippen LogP contribution in [0.5, 0.6) is 0 Å². The van der Waals surface area contributed by atoms with E-state index in [0.717, 1.165) is 5.56 Å². The van der Waals surface area contributed by atoms with Gasteiger partial charge in [0.05, 0.1) is 0 Å². The molecule has 100 valence electrons. The maximum absolute atomic E-state index is 11.9. The van der Waals surface area contributed by atoms with E-state index in [0.29, 0.717) is 18.6 Å². The fraction of sp³-hybridized carbons (Fsp3) is 0.500. The summed E-state index contributed by atoms with van der Waals surface area (Å²) >= 11 is 0. The average molecular weight is 268 g/mol. The van der Waals surface area contributed by atoms with E-state index >= 15 is 0 Å². The molecule has 18 heavy (non-hydrogen) atoms. The molecule has 0 amide bonds. The summed E-state index contributed by atoms with van der Waals surface area (Å²) in [6.45, 7) is 3.90. The molecule has 0 spiro atoms. The third kappa shape index (κ3) is 5.00. The second-order valence-electron chi connectivity index (χ2n) is 4.79. The summed E-state index contributed by atoms with van der Waals surface area (Å²) in [6, 6.07) is 9.70. The van der Waals surface area contributed by atoms with Crippen molar-refractivity contribution in [2.45, 2.75) is 31.9 Å². The van der Waals surface area contributed by atoms with E-state index in [1.165, 1.54) is 0 Å². The Hall–Kier alpha value is -1.16. The van der Waals surface area contributed by atoms with Crippen molar-refractivity contribution in [1.29, 1.82) is 0 Å². The number of rotatable bonds is 7. The van der Waals surface area contributed by atoms with Gasteiger partial charge in [-0.3, -0.25) is 9.00 Å². The molecule has 0 fully saturated rings. The van der Waals surface area contributed by atoms with Crippen LogP contribution in [0.15, 0.2) is 30.3 Å². The Kier molecular flexibility index (Phi) is 6.05. The molecule has 1 rings (SSSR count). The number of carbonyl (C=O) groups is 1. The van der Waals surface area contributed by atoms with Crippen molar-refractivity contribution in [3.63, 3.8) is 0 Å². The zero-order valence-electron chi connectivity index (χ0n) is 10.8. The zero-order chi connectivity index (χ0) is 13.5. The van der Waals surface area contributed by atoms with E-state index in [2.05, 4.69) is 0 Å². The van der Waals surface area contributed by atoms with Gasteiger partial charge >= 0.3 is 5.97 Å². The Morgan fingerprint density at radius 2 is 1.89 bits per heavy atom. The van der Waals surface area contributed by atoms with Gasteiger partial charge in [0.2, 0.25) is 0 Å². The van der Waals surface area contributed by atoms with Gasteiger partial charge in [0.1, 0.15) is 5.25 Å². The Balaban J connectivity index is 2.59. The SMILES string of the molecule is CC(C)CS(=O)C(CCc1ccccc1)C(=O)O. The number of hydrogen-bond donors (Lipinski definition) is 1. The van der Waals surface area contributed by atoms with Crippen LogP contribution in [0, 0.1) is 5.92 Å². The van der Waals surface area contributed by atoms with Crippen molar-refractivity contribution in [2.24, 2.45) is 5.92 Å². The molecule has 0 radical (unpaired) electrons. The van der Waals surface area contributed by atoms with Crippen LogP contribution >= 0.6 is 0 Å². The van der Waals surface area contributed by atoms with Crippen molar-refractivity contribution < 1.29 is 14.1 Å². The van der Waals surface area contributed by atoms with E-state index in [1.54, 1.807) is 0 Å². The number of benzene rings is 1. The molecule has 0 aliphatic rings. The number of aliphatic carboxylic acids is 1. The largest absolute Gasteiger partial charge is 0.480 e. The average Bonchev–Trinajstić information content (AvgIpc) is 2.29. The van der Waals surface area contributed by atoms with Crippen molar-refractivity contribution >= 4 is 16.8 Å². The van der Waals surface area contributed by atoms with Gasteiger partial charge in [-0.05, 0) is 24.3 Å². The quantitative estimate of drug-likeness (QED) is 0.826. The normalized spacial score (nSPS) is 14.4. The standard InChI is InChI=1S/C14H20O3S/c1-11(2)10-18(17)13(14(15)16)9-8-12-6-4-3-5-7-12/h3-7,11,13H,8-10H2,1-2H3,(H,15,16). The molecule has 0 saturated heterocycles. The number of hydrogen-bond acceptors (Lipinski definition) is 2. The molecule has 0 saturated carbocycles. The maximum atomic E-state index is 11.9. The van der Waals surface area contributed by atoms with Gasteiger partial charge in [0, 0.05) is 16.6 Å². The molecular weight excluding hydrogens is 248 g/mol. The van der Waals surface area contributed by atoms with Crippen LogP contribution in [0.4, 0.5) is 0 Å². The third-order valence-electron chi connectivity index (χ3n) is 2.63.